The van der Waals surface area contributed by atoms with Crippen molar-refractivity contribution in [2.75, 3.05) is 23.5 Å². The van der Waals surface area contributed by atoms with Crippen LogP contribution >= 0.6 is 0 Å². The molecule has 1 fully saturated rings. The second-order valence-electron chi connectivity index (χ2n) is 5.00. The maximum Gasteiger partial charge on any atom is 0.148 e. The van der Waals surface area contributed by atoms with Gasteiger partial charge >= 0.3 is 0 Å². The first kappa shape index (κ1) is 14.0. The van der Waals surface area contributed by atoms with Gasteiger partial charge in [-0.05, 0) is 26.2 Å². The maximum absolute atomic E-state index is 9.46. The van der Waals surface area contributed by atoms with Crippen LogP contribution in [0.5, 0.6) is 0 Å². The van der Waals surface area contributed by atoms with Crippen LogP contribution in [0.2, 0.25) is 0 Å². The van der Waals surface area contributed by atoms with Gasteiger partial charge in [-0.3, -0.25) is 0 Å². The van der Waals surface area contributed by atoms with E-state index in [2.05, 4.69) is 27.2 Å². The second-order valence-corrected chi connectivity index (χ2v) is 5.00. The molecule has 1 aliphatic heterocycles. The van der Waals surface area contributed by atoms with Gasteiger partial charge in [-0.25, -0.2) is 15.8 Å². The van der Waals surface area contributed by atoms with Crippen molar-refractivity contribution >= 4 is 11.6 Å². The zero-order chi connectivity index (χ0) is 13.8. The molecule has 2 rings (SSSR count). The quantitative estimate of drug-likeness (QED) is 0.543. The van der Waals surface area contributed by atoms with Gasteiger partial charge < -0.3 is 15.4 Å². The topological polar surface area (TPSA) is 87.3 Å². The molecular formula is C13H23N5O. The Balaban J connectivity index is 2.39. The monoisotopic (exact) mass is 265 g/mol. The van der Waals surface area contributed by atoms with Crippen LogP contribution in [0.1, 0.15) is 37.6 Å². The number of aliphatic hydroxyl groups excluding tert-OH is 1. The molecule has 0 aliphatic carbocycles. The number of hydrazine groups is 1. The Bertz CT molecular complexity index is 437. The first-order chi connectivity index (χ1) is 9.21. The van der Waals surface area contributed by atoms with Crippen molar-refractivity contribution in [3.05, 3.63) is 11.4 Å². The van der Waals surface area contributed by atoms with Gasteiger partial charge in [-0.15, -0.1) is 0 Å². The lowest BCUT2D eigenvalue weighted by Gasteiger charge is -2.26. The Hall–Kier alpha value is -1.40. The minimum Gasteiger partial charge on any atom is -0.394 e. The standard InChI is InChI=1S/C13H23N5O/c1-3-5-11-15-12(17-14)9(2)13(16-11)18-7-4-6-10(18)8-19/h10,19H,3-8,14H2,1-2H3,(H,15,16,17). The summed E-state index contributed by atoms with van der Waals surface area (Å²) in [5.41, 5.74) is 3.60. The Morgan fingerprint density at radius 3 is 2.89 bits per heavy atom. The van der Waals surface area contributed by atoms with E-state index in [0.29, 0.717) is 5.82 Å². The number of aryl methyl sites for hydroxylation is 1. The first-order valence-electron chi connectivity index (χ1n) is 6.92. The van der Waals surface area contributed by atoms with Crippen LogP contribution in [-0.2, 0) is 6.42 Å². The van der Waals surface area contributed by atoms with Crippen LogP contribution in [0.25, 0.3) is 0 Å². The summed E-state index contributed by atoms with van der Waals surface area (Å²) >= 11 is 0. The van der Waals surface area contributed by atoms with E-state index < -0.39 is 0 Å². The molecule has 1 saturated heterocycles. The van der Waals surface area contributed by atoms with Crippen molar-refractivity contribution in [3.63, 3.8) is 0 Å². The number of anilines is 2. The van der Waals surface area contributed by atoms with Crippen LogP contribution in [-0.4, -0.2) is 34.3 Å². The van der Waals surface area contributed by atoms with Crippen LogP contribution in [0.15, 0.2) is 0 Å². The molecule has 1 atom stereocenters. The summed E-state index contributed by atoms with van der Waals surface area (Å²) in [7, 11) is 0. The normalized spacial score (nSPS) is 18.9. The van der Waals surface area contributed by atoms with E-state index in [1.165, 1.54) is 0 Å². The van der Waals surface area contributed by atoms with E-state index in [-0.39, 0.29) is 12.6 Å². The van der Waals surface area contributed by atoms with Crippen molar-refractivity contribution in [1.29, 1.82) is 0 Å². The third-order valence-electron chi connectivity index (χ3n) is 3.64. The summed E-state index contributed by atoms with van der Waals surface area (Å²) in [6.45, 7) is 5.16. The first-order valence-corrected chi connectivity index (χ1v) is 6.92. The largest absolute Gasteiger partial charge is 0.394 e. The molecule has 1 aromatic heterocycles. The van der Waals surface area contributed by atoms with Gasteiger partial charge in [-0.1, -0.05) is 6.92 Å². The van der Waals surface area contributed by atoms with Crippen LogP contribution < -0.4 is 16.2 Å². The summed E-state index contributed by atoms with van der Waals surface area (Å²) in [6, 6.07) is 0.161. The number of nitrogens with zero attached hydrogens (tertiary/aromatic N) is 3. The Kier molecular flexibility index (Phi) is 4.55. The average Bonchev–Trinajstić information content (AvgIpc) is 2.89. The summed E-state index contributed by atoms with van der Waals surface area (Å²) in [5, 5.41) is 9.46. The molecule has 1 aromatic rings. The van der Waals surface area contributed by atoms with Crippen LogP contribution in [0, 0.1) is 6.92 Å². The maximum atomic E-state index is 9.46. The highest BCUT2D eigenvalue weighted by atomic mass is 16.3. The summed E-state index contributed by atoms with van der Waals surface area (Å²) in [4.78, 5) is 11.3. The van der Waals surface area contributed by atoms with E-state index in [4.69, 9.17) is 5.84 Å². The van der Waals surface area contributed by atoms with E-state index in [1.807, 2.05) is 6.92 Å². The molecule has 0 saturated carbocycles. The van der Waals surface area contributed by atoms with E-state index in [9.17, 15) is 5.11 Å². The molecule has 0 spiro atoms. The molecule has 0 amide bonds. The van der Waals surface area contributed by atoms with Crippen molar-refractivity contribution in [3.8, 4) is 0 Å². The molecule has 0 aromatic carbocycles. The predicted molar refractivity (Wildman–Crippen MR) is 76.0 cm³/mol. The zero-order valence-electron chi connectivity index (χ0n) is 11.7. The Labute approximate surface area is 114 Å². The molecular weight excluding hydrogens is 242 g/mol. The number of nitrogen functional groups attached to an aromatic ring is 1. The van der Waals surface area contributed by atoms with E-state index in [1.54, 1.807) is 0 Å². The summed E-state index contributed by atoms with van der Waals surface area (Å²) < 4.78 is 0. The minimum absolute atomic E-state index is 0.161. The minimum atomic E-state index is 0.161. The van der Waals surface area contributed by atoms with E-state index >= 15 is 0 Å². The van der Waals surface area contributed by atoms with Crippen LogP contribution in [0.4, 0.5) is 11.6 Å². The third kappa shape index (κ3) is 2.79. The molecule has 19 heavy (non-hydrogen) atoms. The van der Waals surface area contributed by atoms with Gasteiger partial charge in [-0.2, -0.15) is 0 Å². The van der Waals surface area contributed by atoms with Gasteiger partial charge in [0.25, 0.3) is 0 Å². The van der Waals surface area contributed by atoms with Crippen molar-refractivity contribution in [2.24, 2.45) is 5.84 Å². The van der Waals surface area contributed by atoms with E-state index in [0.717, 1.165) is 49.4 Å². The van der Waals surface area contributed by atoms with Crippen molar-refractivity contribution < 1.29 is 5.11 Å². The number of hydrogen-bond donors (Lipinski definition) is 3. The molecule has 4 N–H and O–H groups in total. The molecule has 1 unspecified atom stereocenters. The number of hydrogen-bond acceptors (Lipinski definition) is 6. The number of nitrogens with two attached hydrogens (primary N) is 1. The average molecular weight is 265 g/mol. The highest BCUT2D eigenvalue weighted by Gasteiger charge is 2.27. The molecule has 106 valence electrons. The fourth-order valence-corrected chi connectivity index (χ4v) is 2.61. The highest BCUT2D eigenvalue weighted by molar-refractivity contribution is 5.59. The molecule has 0 radical (unpaired) electrons. The zero-order valence-corrected chi connectivity index (χ0v) is 11.7. The fourth-order valence-electron chi connectivity index (χ4n) is 2.61. The van der Waals surface area contributed by atoms with Crippen LogP contribution in [0.3, 0.4) is 0 Å². The van der Waals surface area contributed by atoms with Gasteiger partial charge in [0, 0.05) is 18.5 Å². The lowest BCUT2D eigenvalue weighted by molar-refractivity contribution is 0.266. The Morgan fingerprint density at radius 2 is 2.26 bits per heavy atom. The molecule has 6 heteroatoms. The van der Waals surface area contributed by atoms with Crippen molar-refractivity contribution in [1.82, 2.24) is 9.97 Å². The third-order valence-corrected chi connectivity index (χ3v) is 3.64. The van der Waals surface area contributed by atoms with Crippen molar-refractivity contribution in [2.45, 2.75) is 45.6 Å². The number of aliphatic hydroxyl groups is 1. The number of aromatic nitrogens is 2. The number of nitrogens with one attached hydrogen (secondary N) is 1. The molecule has 6 nitrogen and oxygen atoms in total. The SMILES string of the molecule is CCCc1nc(NN)c(C)c(N2CCCC2CO)n1. The Morgan fingerprint density at radius 1 is 1.47 bits per heavy atom. The molecule has 2 heterocycles. The summed E-state index contributed by atoms with van der Waals surface area (Å²) in [5.74, 6) is 7.93. The highest BCUT2D eigenvalue weighted by Crippen LogP contribution is 2.29. The predicted octanol–water partition coefficient (Wildman–Crippen LogP) is 0.984. The second kappa shape index (κ2) is 6.16. The lowest BCUT2D eigenvalue weighted by Crippen LogP contribution is -2.34. The molecule has 1 aliphatic rings. The smallest absolute Gasteiger partial charge is 0.148 e. The number of rotatable bonds is 5. The lowest BCUT2D eigenvalue weighted by atomic mass is 10.2. The summed E-state index contributed by atoms with van der Waals surface area (Å²) in [6.07, 6.45) is 3.92. The van der Waals surface area contributed by atoms with Gasteiger partial charge in [0.2, 0.25) is 0 Å². The van der Waals surface area contributed by atoms with Gasteiger partial charge in [0.05, 0.1) is 12.6 Å². The van der Waals surface area contributed by atoms with Gasteiger partial charge in [0.1, 0.15) is 17.5 Å². The van der Waals surface area contributed by atoms with Gasteiger partial charge in [0.15, 0.2) is 0 Å². The molecule has 0 bridgehead atoms. The fraction of sp³-hybridized carbons (Fsp3) is 0.692.